The maximum absolute atomic E-state index is 12.6. The highest BCUT2D eigenvalue weighted by Gasteiger charge is 2.18. The maximum atomic E-state index is 12.6. The van der Waals surface area contributed by atoms with Gasteiger partial charge in [-0.25, -0.2) is 9.97 Å². The summed E-state index contributed by atoms with van der Waals surface area (Å²) in [6, 6.07) is 7.67. The van der Waals surface area contributed by atoms with Crippen molar-refractivity contribution < 1.29 is 9.59 Å². The van der Waals surface area contributed by atoms with E-state index in [0.29, 0.717) is 47.4 Å². The Balaban J connectivity index is 0.000000188. The molecule has 0 aromatic carbocycles. The molecule has 248 valence electrons. The van der Waals surface area contributed by atoms with Gasteiger partial charge in [-0.3, -0.25) is 19.6 Å². The fraction of sp³-hybridized carbons (Fsp3) is 0.316. The maximum Gasteiger partial charge on any atom is 0.252 e. The number of rotatable bonds is 0. The standard InChI is InChI=1S/2C19H20ClN3O/c2*1-12-10-14-6-4-3-5-7-15-16(8-9-21-18(15)20)19(24)22-11-17(14)13(2)23-12/h2*3,5,8-10H,4,6-7,11H2,1-2H3,(H,22,24)/b5-3+;5-3-. The Morgan fingerprint density at radius 1 is 0.604 bits per heavy atom. The van der Waals surface area contributed by atoms with E-state index in [4.69, 9.17) is 23.2 Å². The topological polar surface area (TPSA) is 110 Å². The molecule has 2 amide bonds. The van der Waals surface area contributed by atoms with Crippen LogP contribution in [-0.2, 0) is 38.8 Å². The van der Waals surface area contributed by atoms with Crippen LogP contribution in [0.1, 0.15) is 89.7 Å². The SMILES string of the molecule is Cc1cc2c(c(C)n1)CNC(=O)c1ccnc(Cl)c1C/C=C/CC2.Cc1cc2c(c(C)n1)CNC(=O)c1ccnc(Cl)c1C/C=C\CC2. The van der Waals surface area contributed by atoms with Crippen molar-refractivity contribution in [3.05, 3.63) is 139 Å². The lowest BCUT2D eigenvalue weighted by molar-refractivity contribution is 0.0941. The van der Waals surface area contributed by atoms with Crippen molar-refractivity contribution in [3.63, 3.8) is 0 Å². The molecule has 0 radical (unpaired) electrons. The van der Waals surface area contributed by atoms with Crippen molar-refractivity contribution in [2.75, 3.05) is 0 Å². The molecule has 2 N–H and O–H groups in total. The van der Waals surface area contributed by atoms with Crippen LogP contribution in [0.2, 0.25) is 10.3 Å². The van der Waals surface area contributed by atoms with E-state index in [9.17, 15) is 9.59 Å². The third kappa shape index (κ3) is 8.54. The highest BCUT2D eigenvalue weighted by atomic mass is 35.5. The zero-order valence-corrected chi connectivity index (χ0v) is 29.3. The minimum Gasteiger partial charge on any atom is -0.348 e. The Bertz CT molecular complexity index is 1770. The predicted octanol–water partition coefficient (Wildman–Crippen LogP) is 7.44. The van der Waals surface area contributed by atoms with Gasteiger partial charge in [-0.2, -0.15) is 0 Å². The summed E-state index contributed by atoms with van der Waals surface area (Å²) in [6.07, 6.45) is 16.5. The number of pyridine rings is 4. The van der Waals surface area contributed by atoms with Crippen LogP contribution in [0.3, 0.4) is 0 Å². The Morgan fingerprint density at radius 2 is 1.02 bits per heavy atom. The van der Waals surface area contributed by atoms with E-state index < -0.39 is 0 Å². The molecule has 0 aliphatic carbocycles. The van der Waals surface area contributed by atoms with Crippen LogP contribution in [0.15, 0.2) is 61.0 Å². The number of fused-ring (bicyclic) bond motifs is 4. The Hall–Kier alpha value is -4.40. The summed E-state index contributed by atoms with van der Waals surface area (Å²) < 4.78 is 0. The molecule has 0 fully saturated rings. The van der Waals surface area contributed by atoms with Crippen LogP contribution in [0.5, 0.6) is 0 Å². The largest absolute Gasteiger partial charge is 0.348 e. The first-order chi connectivity index (χ1) is 23.1. The molecule has 8 nitrogen and oxygen atoms in total. The first kappa shape index (κ1) is 34.9. The molecule has 0 unspecified atom stereocenters. The van der Waals surface area contributed by atoms with Gasteiger partial charge in [0.15, 0.2) is 0 Å². The number of carbonyl (C=O) groups is 2. The summed E-state index contributed by atoms with van der Waals surface area (Å²) in [6.45, 7) is 8.93. The van der Waals surface area contributed by atoms with Gasteiger partial charge in [0, 0.05) is 70.5 Å². The molecule has 6 rings (SSSR count). The van der Waals surface area contributed by atoms with Crippen molar-refractivity contribution in [3.8, 4) is 0 Å². The van der Waals surface area contributed by atoms with E-state index in [0.717, 1.165) is 70.7 Å². The van der Waals surface area contributed by atoms with E-state index in [2.05, 4.69) is 67.0 Å². The van der Waals surface area contributed by atoms with Gasteiger partial charge in [-0.05, 0) is 113 Å². The van der Waals surface area contributed by atoms with E-state index in [-0.39, 0.29) is 11.8 Å². The molecule has 0 saturated heterocycles. The second-order valence-corrected chi connectivity index (χ2v) is 12.7. The van der Waals surface area contributed by atoms with E-state index in [1.807, 2.05) is 27.7 Å². The molecule has 4 aromatic rings. The second kappa shape index (κ2) is 16.1. The predicted molar refractivity (Wildman–Crippen MR) is 191 cm³/mol. The molecule has 6 heterocycles. The Kier molecular flexibility index (Phi) is 11.7. The highest BCUT2D eigenvalue weighted by Crippen LogP contribution is 2.23. The van der Waals surface area contributed by atoms with Crippen molar-refractivity contribution >= 4 is 35.0 Å². The first-order valence-electron chi connectivity index (χ1n) is 16.2. The molecule has 0 saturated carbocycles. The molecule has 0 spiro atoms. The fourth-order valence-corrected chi connectivity index (χ4v) is 6.66. The van der Waals surface area contributed by atoms with Gasteiger partial charge in [-0.15, -0.1) is 0 Å². The second-order valence-electron chi connectivity index (χ2n) is 12.0. The summed E-state index contributed by atoms with van der Waals surface area (Å²) in [4.78, 5) is 42.5. The van der Waals surface area contributed by atoms with Gasteiger partial charge >= 0.3 is 0 Å². The smallest absolute Gasteiger partial charge is 0.252 e. The number of halogens is 2. The average molecular weight is 684 g/mol. The van der Waals surface area contributed by atoms with Gasteiger partial charge in [-0.1, -0.05) is 47.5 Å². The van der Waals surface area contributed by atoms with Gasteiger partial charge in [0.25, 0.3) is 11.8 Å². The molecule has 0 bridgehead atoms. The molecule has 10 heteroatoms. The summed E-state index contributed by atoms with van der Waals surface area (Å²) in [7, 11) is 0. The van der Waals surface area contributed by atoms with Gasteiger partial charge in [0.1, 0.15) is 10.3 Å². The highest BCUT2D eigenvalue weighted by molar-refractivity contribution is 6.31. The van der Waals surface area contributed by atoms with Crippen LogP contribution < -0.4 is 10.6 Å². The molecule has 2 aliphatic rings. The van der Waals surface area contributed by atoms with Crippen molar-refractivity contribution in [2.45, 2.75) is 79.3 Å². The van der Waals surface area contributed by atoms with Gasteiger partial charge < -0.3 is 10.6 Å². The number of amides is 2. The average Bonchev–Trinajstić information content (AvgIpc) is 3.03. The lowest BCUT2D eigenvalue weighted by atomic mass is 9.99. The zero-order valence-electron chi connectivity index (χ0n) is 27.8. The number of hydrogen-bond donors (Lipinski definition) is 2. The zero-order chi connectivity index (χ0) is 34.2. The van der Waals surface area contributed by atoms with E-state index >= 15 is 0 Å². The molecule has 4 aromatic heterocycles. The number of allylic oxidation sites excluding steroid dienone is 4. The number of carbonyl (C=O) groups excluding carboxylic acids is 2. The summed E-state index contributed by atoms with van der Waals surface area (Å²) in [5.74, 6) is -0.261. The van der Waals surface area contributed by atoms with Crippen molar-refractivity contribution in [2.24, 2.45) is 0 Å². The van der Waals surface area contributed by atoms with Gasteiger partial charge in [0.2, 0.25) is 0 Å². The van der Waals surface area contributed by atoms with Crippen LogP contribution in [-0.4, -0.2) is 31.8 Å². The summed E-state index contributed by atoms with van der Waals surface area (Å²) in [5.41, 5.74) is 11.4. The summed E-state index contributed by atoms with van der Waals surface area (Å²) >= 11 is 12.4. The van der Waals surface area contributed by atoms with Crippen LogP contribution in [0.25, 0.3) is 0 Å². The van der Waals surface area contributed by atoms with Crippen LogP contribution in [0, 0.1) is 27.7 Å². The molecule has 48 heavy (non-hydrogen) atoms. The Labute approximate surface area is 292 Å². The quantitative estimate of drug-likeness (QED) is 0.147. The van der Waals surface area contributed by atoms with E-state index in [1.165, 1.54) is 11.1 Å². The first-order valence-corrected chi connectivity index (χ1v) is 16.9. The molecule has 0 atom stereocenters. The monoisotopic (exact) mass is 682 g/mol. The minimum absolute atomic E-state index is 0.130. The van der Waals surface area contributed by atoms with Crippen molar-refractivity contribution in [1.82, 2.24) is 30.6 Å². The van der Waals surface area contributed by atoms with E-state index in [1.54, 1.807) is 24.5 Å². The number of aromatic nitrogens is 4. The minimum atomic E-state index is -0.130. The number of aryl methyl sites for hydroxylation is 6. The van der Waals surface area contributed by atoms with Crippen LogP contribution in [0.4, 0.5) is 0 Å². The third-order valence-corrected chi connectivity index (χ3v) is 9.24. The third-order valence-electron chi connectivity index (χ3n) is 8.59. The lowest BCUT2D eigenvalue weighted by Crippen LogP contribution is -2.25. The fourth-order valence-electron chi connectivity index (χ4n) is 6.19. The van der Waals surface area contributed by atoms with Gasteiger partial charge in [0.05, 0.1) is 0 Å². The molecular formula is C38H40Cl2N6O2. The lowest BCUT2D eigenvalue weighted by Gasteiger charge is -2.16. The number of nitrogens with zero attached hydrogens (tertiary/aromatic N) is 4. The Morgan fingerprint density at radius 3 is 1.44 bits per heavy atom. The number of hydrogen-bond acceptors (Lipinski definition) is 6. The van der Waals surface area contributed by atoms with Crippen LogP contribution >= 0.6 is 23.2 Å². The molecule has 2 aliphatic heterocycles. The normalized spacial score (nSPS) is 16.2. The number of nitrogens with one attached hydrogen (secondary N) is 2. The summed E-state index contributed by atoms with van der Waals surface area (Å²) in [5, 5.41) is 6.80. The van der Waals surface area contributed by atoms with Crippen molar-refractivity contribution in [1.29, 1.82) is 0 Å². The molecular weight excluding hydrogens is 643 g/mol.